The van der Waals surface area contributed by atoms with E-state index in [0.717, 1.165) is 6.20 Å². The Bertz CT molecular complexity index is 653. The normalized spacial score (nSPS) is 27.6. The van der Waals surface area contributed by atoms with Crippen molar-refractivity contribution in [3.8, 4) is 0 Å². The number of primary amides is 1. The number of nitrogens with one attached hydrogen (secondary N) is 1. The zero-order chi connectivity index (χ0) is 17.4. The van der Waals surface area contributed by atoms with Gasteiger partial charge in [-0.3, -0.25) is 9.36 Å². The Balaban J connectivity index is 2.28. The number of nitrogens with zero attached hydrogens (tertiary/aromatic N) is 2. The van der Waals surface area contributed by atoms with E-state index >= 15 is 0 Å². The number of rotatable bonds is 5. The van der Waals surface area contributed by atoms with Crippen molar-refractivity contribution in [2.75, 3.05) is 11.9 Å². The van der Waals surface area contributed by atoms with Crippen molar-refractivity contribution in [2.45, 2.75) is 37.3 Å². The second kappa shape index (κ2) is 6.18. The van der Waals surface area contributed by atoms with E-state index in [1.165, 1.54) is 13.0 Å². The Morgan fingerprint density at radius 3 is 2.78 bits per heavy atom. The maximum atomic E-state index is 14.0. The fourth-order valence-corrected chi connectivity index (χ4v) is 2.08. The molecule has 1 aromatic heterocycles. The molecule has 0 spiro atoms. The van der Waals surface area contributed by atoms with E-state index < -0.39 is 48.6 Å². The smallest absolute Gasteiger partial charge is 0.351 e. The summed E-state index contributed by atoms with van der Waals surface area (Å²) in [5.74, 6) is -4.50. The number of anilines is 1. The number of aliphatic hydroxyl groups is 2. The van der Waals surface area contributed by atoms with Crippen molar-refractivity contribution in [3.63, 3.8) is 0 Å². The molecule has 1 fully saturated rings. The summed E-state index contributed by atoms with van der Waals surface area (Å²) in [5, 5.41) is 20.9. The van der Waals surface area contributed by atoms with Crippen molar-refractivity contribution >= 4 is 11.7 Å². The minimum atomic E-state index is -3.78. The number of aromatic nitrogens is 2. The zero-order valence-corrected chi connectivity index (χ0v) is 12.0. The van der Waals surface area contributed by atoms with Gasteiger partial charge in [0.25, 0.3) is 0 Å². The monoisotopic (exact) mass is 334 g/mol. The van der Waals surface area contributed by atoms with Crippen molar-refractivity contribution in [1.29, 1.82) is 0 Å². The van der Waals surface area contributed by atoms with Gasteiger partial charge in [-0.1, -0.05) is 0 Å². The van der Waals surface area contributed by atoms with E-state index in [2.05, 4.69) is 10.3 Å². The quantitative estimate of drug-likeness (QED) is 0.509. The van der Waals surface area contributed by atoms with Crippen LogP contribution in [0.2, 0.25) is 0 Å². The summed E-state index contributed by atoms with van der Waals surface area (Å²) in [6.07, 6.45) is -4.89. The highest BCUT2D eigenvalue weighted by molar-refractivity contribution is 5.82. The number of hydrogen-bond donors (Lipinski definition) is 4. The molecule has 2 heterocycles. The molecule has 1 aliphatic heterocycles. The number of amides is 1. The molecule has 4 atom stereocenters. The first-order valence-corrected chi connectivity index (χ1v) is 6.65. The molecule has 1 saturated heterocycles. The maximum absolute atomic E-state index is 14.0. The van der Waals surface area contributed by atoms with E-state index in [9.17, 15) is 23.5 Å². The van der Waals surface area contributed by atoms with Gasteiger partial charge in [0.05, 0.1) is 6.61 Å². The first-order valence-electron chi connectivity index (χ1n) is 6.65. The summed E-state index contributed by atoms with van der Waals surface area (Å²) in [6, 6.07) is 0.362. The van der Waals surface area contributed by atoms with Gasteiger partial charge in [0.1, 0.15) is 18.0 Å². The van der Waals surface area contributed by atoms with Gasteiger partial charge < -0.3 is 26.0 Å². The first-order chi connectivity index (χ1) is 10.7. The topological polar surface area (TPSA) is 140 Å². The van der Waals surface area contributed by atoms with Gasteiger partial charge in [0.15, 0.2) is 6.10 Å². The largest absolute Gasteiger partial charge is 0.394 e. The summed E-state index contributed by atoms with van der Waals surface area (Å²) in [6.45, 7) is 0.608. The number of hydrogen-bond acceptors (Lipinski definition) is 7. The third kappa shape index (κ3) is 3.16. The lowest BCUT2D eigenvalue weighted by Crippen LogP contribution is -2.42. The van der Waals surface area contributed by atoms with Crippen molar-refractivity contribution < 1.29 is 28.5 Å². The molecule has 0 bridgehead atoms. The van der Waals surface area contributed by atoms with Crippen LogP contribution < -0.4 is 16.7 Å². The zero-order valence-electron chi connectivity index (χ0n) is 12.0. The molecule has 0 unspecified atom stereocenters. The van der Waals surface area contributed by atoms with Crippen LogP contribution in [-0.2, 0) is 9.53 Å². The van der Waals surface area contributed by atoms with Gasteiger partial charge in [0.2, 0.25) is 12.1 Å². The predicted molar refractivity (Wildman–Crippen MR) is 72.7 cm³/mol. The van der Waals surface area contributed by atoms with Crippen molar-refractivity contribution in [3.05, 3.63) is 22.7 Å². The number of nitrogens with two attached hydrogens (primary N) is 1. The van der Waals surface area contributed by atoms with Crippen LogP contribution in [0.15, 0.2) is 17.1 Å². The minimum absolute atomic E-state index is 0.0295. The molecular weight excluding hydrogens is 318 g/mol. The molecule has 1 aliphatic rings. The maximum Gasteiger partial charge on any atom is 0.351 e. The number of carbonyl (C=O) groups is 1. The standard InChI is InChI=1S/C12H16F2N4O5/c1-5(9(15)21)16-7-2-3-18(11(22)17-7)10-12(13,14)8(20)6(4-19)23-10/h2-3,5-6,8,10,19-20H,4H2,1H3,(H2,15,21)(H,16,17,22)/t5-,6+,8+,10+/m0/s1. The number of alkyl halides is 2. The molecule has 128 valence electrons. The highest BCUT2D eigenvalue weighted by Gasteiger charge is 2.59. The SMILES string of the molecule is C[C@H](Nc1ccn([C@@H]2O[C@H](CO)[C@@H](O)C2(F)F)c(=O)n1)C(N)=O. The molecule has 5 N–H and O–H groups in total. The van der Waals surface area contributed by atoms with Crippen molar-refractivity contribution in [1.82, 2.24) is 9.55 Å². The molecule has 23 heavy (non-hydrogen) atoms. The lowest BCUT2D eigenvalue weighted by Gasteiger charge is -2.21. The molecule has 1 aromatic rings. The molecule has 9 nitrogen and oxygen atoms in total. The molecule has 0 aromatic carbocycles. The molecule has 11 heteroatoms. The minimum Gasteiger partial charge on any atom is -0.394 e. The fourth-order valence-electron chi connectivity index (χ4n) is 2.08. The average molecular weight is 334 g/mol. The van der Waals surface area contributed by atoms with Crippen LogP contribution in [0.4, 0.5) is 14.6 Å². The van der Waals surface area contributed by atoms with Gasteiger partial charge in [-0.05, 0) is 13.0 Å². The van der Waals surface area contributed by atoms with Crippen LogP contribution >= 0.6 is 0 Å². The van der Waals surface area contributed by atoms with Crippen LogP contribution in [-0.4, -0.2) is 56.5 Å². The van der Waals surface area contributed by atoms with Gasteiger partial charge >= 0.3 is 11.6 Å². The summed E-state index contributed by atoms with van der Waals surface area (Å²) < 4.78 is 33.3. The summed E-state index contributed by atoms with van der Waals surface area (Å²) >= 11 is 0. The summed E-state index contributed by atoms with van der Waals surface area (Å²) in [4.78, 5) is 26.4. The van der Waals surface area contributed by atoms with Crippen LogP contribution in [0.1, 0.15) is 13.2 Å². The second-order valence-electron chi connectivity index (χ2n) is 5.10. The fraction of sp³-hybridized carbons (Fsp3) is 0.583. The molecule has 1 amide bonds. The van der Waals surface area contributed by atoms with Gasteiger partial charge in [-0.25, -0.2) is 4.79 Å². The van der Waals surface area contributed by atoms with E-state index in [1.54, 1.807) is 0 Å². The Morgan fingerprint density at radius 1 is 1.65 bits per heavy atom. The Kier molecular flexibility index (Phi) is 4.63. The number of halogens is 2. The third-order valence-electron chi connectivity index (χ3n) is 3.43. The van der Waals surface area contributed by atoms with Crippen molar-refractivity contribution in [2.24, 2.45) is 5.73 Å². The molecule has 0 radical (unpaired) electrons. The average Bonchev–Trinajstić information content (AvgIpc) is 2.70. The van der Waals surface area contributed by atoms with Crippen LogP contribution in [0.3, 0.4) is 0 Å². The van der Waals surface area contributed by atoms with E-state index in [-0.39, 0.29) is 5.82 Å². The second-order valence-corrected chi connectivity index (χ2v) is 5.10. The van der Waals surface area contributed by atoms with E-state index in [0.29, 0.717) is 4.57 Å². The van der Waals surface area contributed by atoms with Crippen LogP contribution in [0.5, 0.6) is 0 Å². The predicted octanol–water partition coefficient (Wildman–Crippen LogP) is -1.59. The lowest BCUT2D eigenvalue weighted by molar-refractivity contribution is -0.140. The van der Waals surface area contributed by atoms with Crippen LogP contribution in [0.25, 0.3) is 0 Å². The first kappa shape index (κ1) is 17.2. The van der Waals surface area contributed by atoms with Crippen LogP contribution in [0, 0.1) is 0 Å². The number of ether oxygens (including phenoxy) is 1. The van der Waals surface area contributed by atoms with Gasteiger partial charge in [0, 0.05) is 6.20 Å². The Morgan fingerprint density at radius 2 is 2.30 bits per heavy atom. The summed E-state index contributed by atoms with van der Waals surface area (Å²) in [7, 11) is 0. The lowest BCUT2D eigenvalue weighted by atomic mass is 10.1. The molecule has 0 aliphatic carbocycles. The number of aliphatic hydroxyl groups excluding tert-OH is 2. The number of carbonyl (C=O) groups excluding carboxylic acids is 1. The van der Waals surface area contributed by atoms with Gasteiger partial charge in [-0.2, -0.15) is 13.8 Å². The highest BCUT2D eigenvalue weighted by atomic mass is 19.3. The Labute approximate surface area is 128 Å². The molecule has 0 saturated carbocycles. The highest BCUT2D eigenvalue weighted by Crippen LogP contribution is 2.41. The van der Waals surface area contributed by atoms with E-state index in [1.807, 2.05) is 0 Å². The van der Waals surface area contributed by atoms with Gasteiger partial charge in [-0.15, -0.1) is 0 Å². The Hall–Kier alpha value is -2.11. The molecule has 2 rings (SSSR count). The molecular formula is C12H16F2N4O5. The van der Waals surface area contributed by atoms with E-state index in [4.69, 9.17) is 15.6 Å². The third-order valence-corrected chi connectivity index (χ3v) is 3.43. The summed E-state index contributed by atoms with van der Waals surface area (Å²) in [5.41, 5.74) is 3.97.